The summed E-state index contributed by atoms with van der Waals surface area (Å²) in [5.41, 5.74) is 2.65. The van der Waals surface area contributed by atoms with E-state index in [9.17, 15) is 5.11 Å². The van der Waals surface area contributed by atoms with E-state index in [2.05, 4.69) is 37.0 Å². The molecule has 6 heteroatoms. The van der Waals surface area contributed by atoms with Crippen molar-refractivity contribution < 1.29 is 9.84 Å². The fourth-order valence-electron chi connectivity index (χ4n) is 1.96. The van der Waals surface area contributed by atoms with E-state index in [-0.39, 0.29) is 0 Å². The molecular weight excluding hydrogens is 388 g/mol. The molecule has 0 saturated carbocycles. The van der Waals surface area contributed by atoms with Gasteiger partial charge in [0, 0.05) is 17.1 Å². The van der Waals surface area contributed by atoms with Crippen LogP contribution in [0.25, 0.3) is 0 Å². The number of aromatic nitrogens is 2. The number of aliphatic hydroxyl groups excluding tert-OH is 1. The van der Waals surface area contributed by atoms with Crippen molar-refractivity contribution in [3.05, 3.63) is 44.1 Å². The molecule has 1 N–H and O–H groups in total. The minimum atomic E-state index is -0.584. The molecule has 2 aromatic rings. The van der Waals surface area contributed by atoms with Crippen LogP contribution in [0.2, 0.25) is 0 Å². The van der Waals surface area contributed by atoms with Gasteiger partial charge in [0.05, 0.1) is 22.0 Å². The number of hydrogen-bond donors (Lipinski definition) is 1. The molecule has 0 bridgehead atoms. The third-order valence-electron chi connectivity index (χ3n) is 3.05. The highest BCUT2D eigenvalue weighted by Gasteiger charge is 2.14. The molecule has 0 aliphatic rings. The molecule has 0 spiro atoms. The molecule has 0 unspecified atom stereocenters. The Labute approximate surface area is 135 Å². The van der Waals surface area contributed by atoms with Crippen LogP contribution in [0.3, 0.4) is 0 Å². The van der Waals surface area contributed by atoms with Gasteiger partial charge in [-0.3, -0.25) is 4.68 Å². The van der Waals surface area contributed by atoms with Crippen molar-refractivity contribution in [2.75, 3.05) is 0 Å². The Bertz CT molecular complexity index is 624. The summed E-state index contributed by atoms with van der Waals surface area (Å²) in [6.07, 6.45) is -0.584. The van der Waals surface area contributed by atoms with Crippen molar-refractivity contribution in [1.82, 2.24) is 9.78 Å². The number of ether oxygens (including phenoxy) is 1. The Kier molecular flexibility index (Phi) is 4.88. The number of hydrogen-bond acceptors (Lipinski definition) is 3. The smallest absolute Gasteiger partial charge is 0.131 e. The quantitative estimate of drug-likeness (QED) is 0.842. The molecule has 4 nitrogen and oxygen atoms in total. The van der Waals surface area contributed by atoms with Crippen LogP contribution >= 0.6 is 31.9 Å². The van der Waals surface area contributed by atoms with E-state index in [1.807, 2.05) is 32.2 Å². The number of nitrogens with zero attached hydrogens (tertiary/aromatic N) is 2. The second-order valence-electron chi connectivity index (χ2n) is 4.62. The second kappa shape index (κ2) is 6.28. The van der Waals surface area contributed by atoms with Crippen LogP contribution < -0.4 is 4.74 Å². The number of aryl methyl sites for hydroxylation is 2. The van der Waals surface area contributed by atoms with Gasteiger partial charge in [0.15, 0.2) is 0 Å². The first-order chi connectivity index (χ1) is 9.40. The monoisotopic (exact) mass is 402 g/mol. The lowest BCUT2D eigenvalue weighted by atomic mass is 10.1. The van der Waals surface area contributed by atoms with Crippen molar-refractivity contribution in [2.24, 2.45) is 7.05 Å². The molecule has 1 aromatic heterocycles. The molecule has 20 heavy (non-hydrogen) atoms. The molecule has 0 saturated heterocycles. The Morgan fingerprint density at radius 3 is 2.65 bits per heavy atom. The lowest BCUT2D eigenvalue weighted by Gasteiger charge is -2.14. The fourth-order valence-corrected chi connectivity index (χ4v) is 2.79. The Hall–Kier alpha value is -0.850. The predicted molar refractivity (Wildman–Crippen MR) is 84.8 cm³/mol. The predicted octanol–water partition coefficient (Wildman–Crippen LogP) is 3.89. The SMILES string of the molecule is Cc1nn(C)c(COc2ccc(Br)cc2[C@H](C)O)c1Br. The molecule has 0 aliphatic carbocycles. The first-order valence-corrected chi connectivity index (χ1v) is 7.77. The lowest BCUT2D eigenvalue weighted by Crippen LogP contribution is -2.06. The van der Waals surface area contributed by atoms with Gasteiger partial charge in [-0.15, -0.1) is 0 Å². The molecule has 1 atom stereocenters. The van der Waals surface area contributed by atoms with Crippen LogP contribution in [0.15, 0.2) is 27.1 Å². The van der Waals surface area contributed by atoms with Crippen molar-refractivity contribution >= 4 is 31.9 Å². The van der Waals surface area contributed by atoms with Gasteiger partial charge in [-0.05, 0) is 48.0 Å². The summed E-state index contributed by atoms with van der Waals surface area (Å²) < 4.78 is 9.50. The van der Waals surface area contributed by atoms with E-state index in [0.717, 1.165) is 25.9 Å². The van der Waals surface area contributed by atoms with Crippen molar-refractivity contribution in [1.29, 1.82) is 0 Å². The van der Waals surface area contributed by atoms with Crippen LogP contribution in [0, 0.1) is 6.92 Å². The van der Waals surface area contributed by atoms with E-state index < -0.39 is 6.10 Å². The van der Waals surface area contributed by atoms with Crippen LogP contribution in [0.4, 0.5) is 0 Å². The van der Waals surface area contributed by atoms with Crippen molar-refractivity contribution in [2.45, 2.75) is 26.6 Å². The summed E-state index contributed by atoms with van der Waals surface area (Å²) in [5.74, 6) is 0.675. The summed E-state index contributed by atoms with van der Waals surface area (Å²) in [6, 6.07) is 5.61. The van der Waals surface area contributed by atoms with Crippen molar-refractivity contribution in [3.63, 3.8) is 0 Å². The molecule has 0 aliphatic heterocycles. The standard InChI is InChI=1S/C14H16Br2N2O2/c1-8-14(16)12(18(3)17-8)7-20-13-5-4-10(15)6-11(13)9(2)19/h4-6,9,19H,7H2,1-3H3/t9-/m0/s1. The van der Waals surface area contributed by atoms with Gasteiger partial charge in [0.1, 0.15) is 12.4 Å². The summed E-state index contributed by atoms with van der Waals surface area (Å²) in [7, 11) is 1.88. The van der Waals surface area contributed by atoms with E-state index >= 15 is 0 Å². The highest BCUT2D eigenvalue weighted by atomic mass is 79.9. The van der Waals surface area contributed by atoms with Gasteiger partial charge >= 0.3 is 0 Å². The molecular formula is C14H16Br2N2O2. The van der Waals surface area contributed by atoms with Crippen molar-refractivity contribution in [3.8, 4) is 5.75 Å². The van der Waals surface area contributed by atoms with Gasteiger partial charge in [-0.2, -0.15) is 5.10 Å². The van der Waals surface area contributed by atoms with Gasteiger partial charge < -0.3 is 9.84 Å². The number of rotatable bonds is 4. The zero-order chi connectivity index (χ0) is 14.9. The minimum absolute atomic E-state index is 0.388. The highest BCUT2D eigenvalue weighted by Crippen LogP contribution is 2.30. The molecule has 0 fully saturated rings. The fraction of sp³-hybridized carbons (Fsp3) is 0.357. The van der Waals surface area contributed by atoms with Crippen LogP contribution in [0.1, 0.15) is 30.0 Å². The average Bonchev–Trinajstić information content (AvgIpc) is 2.62. The molecule has 0 radical (unpaired) electrons. The number of aliphatic hydroxyl groups is 1. The third kappa shape index (κ3) is 3.24. The van der Waals surface area contributed by atoms with Gasteiger partial charge in [-0.1, -0.05) is 15.9 Å². The number of halogens is 2. The zero-order valence-corrected chi connectivity index (χ0v) is 14.7. The van der Waals surface area contributed by atoms with Gasteiger partial charge in [-0.25, -0.2) is 0 Å². The number of benzene rings is 1. The third-order valence-corrected chi connectivity index (χ3v) is 4.57. The normalized spacial score (nSPS) is 12.5. The van der Waals surface area contributed by atoms with Gasteiger partial charge in [0.25, 0.3) is 0 Å². The summed E-state index contributed by atoms with van der Waals surface area (Å²) in [4.78, 5) is 0. The molecule has 1 heterocycles. The van der Waals surface area contributed by atoms with Crippen LogP contribution in [-0.4, -0.2) is 14.9 Å². The first-order valence-electron chi connectivity index (χ1n) is 6.18. The molecule has 1 aromatic carbocycles. The molecule has 2 rings (SSSR count). The Morgan fingerprint density at radius 1 is 1.40 bits per heavy atom. The summed E-state index contributed by atoms with van der Waals surface area (Å²) in [6.45, 7) is 4.05. The van der Waals surface area contributed by atoms with E-state index in [0.29, 0.717) is 12.4 Å². The van der Waals surface area contributed by atoms with Gasteiger partial charge in [0.2, 0.25) is 0 Å². The van der Waals surface area contributed by atoms with E-state index in [1.54, 1.807) is 11.6 Å². The average molecular weight is 404 g/mol. The largest absolute Gasteiger partial charge is 0.487 e. The summed E-state index contributed by atoms with van der Waals surface area (Å²) >= 11 is 6.91. The lowest BCUT2D eigenvalue weighted by molar-refractivity contribution is 0.189. The molecule has 0 amide bonds. The summed E-state index contributed by atoms with van der Waals surface area (Å²) in [5, 5.41) is 14.1. The maximum Gasteiger partial charge on any atom is 0.131 e. The topological polar surface area (TPSA) is 47.3 Å². The van der Waals surface area contributed by atoms with E-state index in [4.69, 9.17) is 4.74 Å². The highest BCUT2D eigenvalue weighted by molar-refractivity contribution is 9.10. The van der Waals surface area contributed by atoms with Crippen LogP contribution in [-0.2, 0) is 13.7 Å². The Morgan fingerprint density at radius 2 is 2.10 bits per heavy atom. The first kappa shape index (κ1) is 15.5. The maximum absolute atomic E-state index is 9.81. The minimum Gasteiger partial charge on any atom is -0.487 e. The maximum atomic E-state index is 9.81. The zero-order valence-electron chi connectivity index (χ0n) is 11.5. The Balaban J connectivity index is 2.23. The van der Waals surface area contributed by atoms with E-state index in [1.165, 1.54) is 0 Å². The second-order valence-corrected chi connectivity index (χ2v) is 6.33. The molecule has 108 valence electrons. The van der Waals surface area contributed by atoms with Crippen LogP contribution in [0.5, 0.6) is 5.75 Å².